The van der Waals surface area contributed by atoms with Gasteiger partial charge in [0, 0.05) is 11.8 Å². The number of pyridine rings is 1. The third kappa shape index (κ3) is 2.60. The Morgan fingerprint density at radius 3 is 2.43 bits per heavy atom. The van der Waals surface area contributed by atoms with E-state index in [1.54, 1.807) is 31.2 Å². The molecule has 21 heavy (non-hydrogen) atoms. The first kappa shape index (κ1) is 14.6. The molecule has 0 aliphatic heterocycles. The van der Waals surface area contributed by atoms with Crippen LogP contribution in [0.25, 0.3) is 5.69 Å². The van der Waals surface area contributed by atoms with Gasteiger partial charge in [0.1, 0.15) is 17.1 Å². The van der Waals surface area contributed by atoms with Crippen LogP contribution < -0.4 is 15.0 Å². The molecule has 1 aromatic carbocycles. The number of hydrogen-bond acceptors (Lipinski definition) is 4. The fraction of sp³-hybridized carbons (Fsp3) is 0.200. The van der Waals surface area contributed by atoms with Crippen molar-refractivity contribution in [3.05, 3.63) is 51.9 Å². The van der Waals surface area contributed by atoms with Crippen molar-refractivity contribution in [2.75, 3.05) is 14.2 Å². The van der Waals surface area contributed by atoms with Crippen molar-refractivity contribution in [3.8, 4) is 17.2 Å². The summed E-state index contributed by atoms with van der Waals surface area (Å²) in [6, 6.07) is 7.84. The highest BCUT2D eigenvalue weighted by Gasteiger charge is 2.16. The van der Waals surface area contributed by atoms with E-state index in [1.165, 1.54) is 24.9 Å². The lowest BCUT2D eigenvalue weighted by Crippen LogP contribution is -2.26. The van der Waals surface area contributed by atoms with Gasteiger partial charge in [0.2, 0.25) is 0 Å². The zero-order chi connectivity index (χ0) is 15.6. The van der Waals surface area contributed by atoms with Crippen LogP contribution in [0.4, 0.5) is 0 Å². The van der Waals surface area contributed by atoms with Crippen LogP contribution in [0.5, 0.6) is 11.5 Å². The third-order valence-corrected chi connectivity index (χ3v) is 3.14. The first-order chi connectivity index (χ1) is 9.99. The summed E-state index contributed by atoms with van der Waals surface area (Å²) >= 11 is 0. The molecule has 0 radical (unpaired) electrons. The smallest absolute Gasteiger partial charge is 0.341 e. The predicted octanol–water partition coefficient (Wildman–Crippen LogP) is 1.86. The van der Waals surface area contributed by atoms with Gasteiger partial charge >= 0.3 is 5.97 Å². The van der Waals surface area contributed by atoms with E-state index >= 15 is 0 Å². The van der Waals surface area contributed by atoms with Crippen LogP contribution in [0.2, 0.25) is 0 Å². The average molecular weight is 289 g/mol. The zero-order valence-electron chi connectivity index (χ0n) is 11.9. The quantitative estimate of drug-likeness (QED) is 0.929. The number of carboxylic acids is 1. The number of carbonyl (C=O) groups is 1. The maximum atomic E-state index is 12.3. The molecule has 6 nitrogen and oxygen atoms in total. The molecule has 1 N–H and O–H groups in total. The molecule has 0 amide bonds. The average Bonchev–Trinajstić information content (AvgIpc) is 2.47. The second kappa shape index (κ2) is 5.70. The summed E-state index contributed by atoms with van der Waals surface area (Å²) in [5, 5.41) is 9.07. The monoisotopic (exact) mass is 289 g/mol. The third-order valence-electron chi connectivity index (χ3n) is 3.14. The Balaban J connectivity index is 2.75. The Bertz CT molecular complexity index is 748. The molecule has 2 rings (SSSR count). The molecule has 1 heterocycles. The summed E-state index contributed by atoms with van der Waals surface area (Å²) in [5.74, 6) is -0.265. The maximum absolute atomic E-state index is 12.3. The molecule has 6 heteroatoms. The minimum Gasteiger partial charge on any atom is -0.497 e. The Morgan fingerprint density at radius 1 is 1.14 bits per heavy atom. The zero-order valence-corrected chi connectivity index (χ0v) is 11.9. The molecule has 0 saturated heterocycles. The summed E-state index contributed by atoms with van der Waals surface area (Å²) in [6.07, 6.45) is 0. The fourth-order valence-electron chi connectivity index (χ4n) is 2.06. The summed E-state index contributed by atoms with van der Waals surface area (Å²) in [7, 11) is 3.00. The number of rotatable bonds is 4. The first-order valence-electron chi connectivity index (χ1n) is 6.18. The van der Waals surface area contributed by atoms with E-state index in [0.717, 1.165) is 0 Å². The van der Waals surface area contributed by atoms with Crippen molar-refractivity contribution in [1.82, 2.24) is 4.57 Å². The molecule has 1 aromatic heterocycles. The van der Waals surface area contributed by atoms with Crippen molar-refractivity contribution in [2.24, 2.45) is 0 Å². The van der Waals surface area contributed by atoms with Crippen molar-refractivity contribution >= 4 is 5.97 Å². The van der Waals surface area contributed by atoms with Crippen LogP contribution in [-0.4, -0.2) is 29.9 Å². The molecule has 0 fully saturated rings. The van der Waals surface area contributed by atoms with Crippen LogP contribution in [0.15, 0.2) is 35.1 Å². The van der Waals surface area contributed by atoms with Crippen molar-refractivity contribution in [1.29, 1.82) is 0 Å². The molecular formula is C15H15NO5. The molecule has 0 unspecified atom stereocenters. The number of aryl methyl sites for hydroxylation is 1. The lowest BCUT2D eigenvalue weighted by Gasteiger charge is -2.15. The molecule has 0 atom stereocenters. The Labute approximate surface area is 121 Å². The summed E-state index contributed by atoms with van der Waals surface area (Å²) < 4.78 is 11.7. The van der Waals surface area contributed by atoms with Crippen LogP contribution in [0.1, 0.15) is 16.1 Å². The lowest BCUT2D eigenvalue weighted by atomic mass is 10.2. The van der Waals surface area contributed by atoms with Gasteiger partial charge in [-0.1, -0.05) is 0 Å². The minimum atomic E-state index is -1.26. The normalized spacial score (nSPS) is 10.2. The Morgan fingerprint density at radius 2 is 1.86 bits per heavy atom. The molecule has 0 bridgehead atoms. The largest absolute Gasteiger partial charge is 0.497 e. The predicted molar refractivity (Wildman–Crippen MR) is 76.8 cm³/mol. The number of aromatic nitrogens is 1. The standard InChI is InChI=1S/C15H15NO5/c1-9-4-6-11(15(18)19)14(17)16(9)12-7-5-10(20-2)8-13(12)21-3/h4-8H,1-3H3,(H,18,19). The molecule has 0 spiro atoms. The molecule has 0 saturated carbocycles. The van der Waals surface area contributed by atoms with E-state index in [2.05, 4.69) is 0 Å². The first-order valence-corrected chi connectivity index (χ1v) is 6.18. The van der Waals surface area contributed by atoms with Crippen LogP contribution >= 0.6 is 0 Å². The number of hydrogen-bond donors (Lipinski definition) is 1. The second-order valence-electron chi connectivity index (χ2n) is 4.37. The van der Waals surface area contributed by atoms with Gasteiger partial charge in [0.05, 0.1) is 19.9 Å². The topological polar surface area (TPSA) is 77.8 Å². The van der Waals surface area contributed by atoms with Crippen LogP contribution in [0.3, 0.4) is 0 Å². The van der Waals surface area contributed by atoms with Crippen LogP contribution in [-0.2, 0) is 0 Å². The number of nitrogens with zero attached hydrogens (tertiary/aromatic N) is 1. The number of aromatic carboxylic acids is 1. The van der Waals surface area contributed by atoms with Gasteiger partial charge in [0.25, 0.3) is 5.56 Å². The van der Waals surface area contributed by atoms with Gasteiger partial charge < -0.3 is 14.6 Å². The van der Waals surface area contributed by atoms with E-state index in [-0.39, 0.29) is 5.56 Å². The van der Waals surface area contributed by atoms with Gasteiger partial charge in [-0.2, -0.15) is 0 Å². The molecule has 0 aliphatic carbocycles. The van der Waals surface area contributed by atoms with Gasteiger partial charge in [-0.3, -0.25) is 9.36 Å². The second-order valence-corrected chi connectivity index (χ2v) is 4.37. The number of methoxy groups -OCH3 is 2. The molecule has 2 aromatic rings. The molecule has 0 aliphatic rings. The highest BCUT2D eigenvalue weighted by molar-refractivity contribution is 5.87. The summed E-state index contributed by atoms with van der Waals surface area (Å²) in [5.41, 5.74) is 0.168. The highest BCUT2D eigenvalue weighted by atomic mass is 16.5. The van der Waals surface area contributed by atoms with Gasteiger partial charge in [-0.25, -0.2) is 4.79 Å². The van der Waals surface area contributed by atoms with Crippen LogP contribution in [0, 0.1) is 6.92 Å². The summed E-state index contributed by atoms with van der Waals surface area (Å²) in [4.78, 5) is 23.5. The number of carboxylic acid groups (broad SMARTS) is 1. The van der Waals surface area contributed by atoms with Crippen molar-refractivity contribution in [2.45, 2.75) is 6.92 Å². The highest BCUT2D eigenvalue weighted by Crippen LogP contribution is 2.27. The lowest BCUT2D eigenvalue weighted by molar-refractivity contribution is 0.0694. The van der Waals surface area contributed by atoms with Gasteiger partial charge in [-0.15, -0.1) is 0 Å². The van der Waals surface area contributed by atoms with E-state index in [4.69, 9.17) is 14.6 Å². The van der Waals surface area contributed by atoms with Crippen molar-refractivity contribution in [3.63, 3.8) is 0 Å². The Kier molecular flexibility index (Phi) is 3.98. The maximum Gasteiger partial charge on any atom is 0.341 e. The SMILES string of the molecule is COc1ccc(-n2c(C)ccc(C(=O)O)c2=O)c(OC)c1. The van der Waals surface area contributed by atoms with E-state index < -0.39 is 11.5 Å². The minimum absolute atomic E-state index is 0.293. The summed E-state index contributed by atoms with van der Waals surface area (Å²) in [6.45, 7) is 1.72. The van der Waals surface area contributed by atoms with Crippen molar-refractivity contribution < 1.29 is 19.4 Å². The van der Waals surface area contributed by atoms with Gasteiger partial charge in [0.15, 0.2) is 0 Å². The molecular weight excluding hydrogens is 274 g/mol. The number of benzene rings is 1. The van der Waals surface area contributed by atoms with Gasteiger partial charge in [-0.05, 0) is 31.2 Å². The molecule has 110 valence electrons. The van der Waals surface area contributed by atoms with E-state index in [0.29, 0.717) is 22.9 Å². The fourth-order valence-corrected chi connectivity index (χ4v) is 2.06. The number of ether oxygens (including phenoxy) is 2. The Hall–Kier alpha value is -2.76. The van der Waals surface area contributed by atoms with E-state index in [9.17, 15) is 9.59 Å². The van der Waals surface area contributed by atoms with E-state index in [1.807, 2.05) is 0 Å².